The summed E-state index contributed by atoms with van der Waals surface area (Å²) in [5.74, 6) is 0.624. The van der Waals surface area contributed by atoms with E-state index in [4.69, 9.17) is 4.74 Å². The highest BCUT2D eigenvalue weighted by atomic mass is 32.1. The van der Waals surface area contributed by atoms with Gasteiger partial charge in [0.2, 0.25) is 5.91 Å². The van der Waals surface area contributed by atoms with Crippen molar-refractivity contribution in [2.45, 2.75) is 33.6 Å². The number of rotatable bonds is 4. The summed E-state index contributed by atoms with van der Waals surface area (Å²) in [7, 11) is 0. The fourth-order valence-electron chi connectivity index (χ4n) is 3.45. The first-order valence-corrected chi connectivity index (χ1v) is 8.59. The molecule has 3 rings (SSSR count). The van der Waals surface area contributed by atoms with Crippen molar-refractivity contribution >= 4 is 28.2 Å². The van der Waals surface area contributed by atoms with Crippen LogP contribution in [0.15, 0.2) is 12.2 Å². The molecular weight excluding hydrogens is 298 g/mol. The number of carbonyl (C=O) groups is 2. The lowest BCUT2D eigenvalue weighted by Crippen LogP contribution is -2.26. The smallest absolute Gasteiger partial charge is 0.341 e. The Labute approximate surface area is 134 Å². The van der Waals surface area contributed by atoms with Crippen LogP contribution in [0.5, 0.6) is 0 Å². The highest BCUT2D eigenvalue weighted by Crippen LogP contribution is 2.44. The van der Waals surface area contributed by atoms with Crippen LogP contribution in [0.1, 0.15) is 40.6 Å². The van der Waals surface area contributed by atoms with Gasteiger partial charge in [0.1, 0.15) is 5.00 Å². The molecule has 4 nitrogen and oxygen atoms in total. The van der Waals surface area contributed by atoms with Gasteiger partial charge >= 0.3 is 5.97 Å². The van der Waals surface area contributed by atoms with Crippen molar-refractivity contribution in [3.63, 3.8) is 0 Å². The molecule has 0 radical (unpaired) electrons. The number of hydrogen-bond donors (Lipinski definition) is 1. The van der Waals surface area contributed by atoms with Crippen molar-refractivity contribution in [2.24, 2.45) is 17.8 Å². The van der Waals surface area contributed by atoms with Gasteiger partial charge in [0.05, 0.1) is 12.2 Å². The zero-order chi connectivity index (χ0) is 15.9. The Hall–Kier alpha value is -1.62. The van der Waals surface area contributed by atoms with Gasteiger partial charge in [-0.25, -0.2) is 4.79 Å². The first kappa shape index (κ1) is 15.3. The summed E-state index contributed by atoms with van der Waals surface area (Å²) in [5.41, 5.74) is 1.41. The monoisotopic (exact) mass is 319 g/mol. The van der Waals surface area contributed by atoms with Crippen LogP contribution in [0.2, 0.25) is 0 Å². The van der Waals surface area contributed by atoms with Crippen LogP contribution < -0.4 is 5.32 Å². The van der Waals surface area contributed by atoms with Gasteiger partial charge in [0.25, 0.3) is 0 Å². The topological polar surface area (TPSA) is 55.4 Å². The normalized spacial score (nSPS) is 25.5. The Morgan fingerprint density at radius 3 is 2.68 bits per heavy atom. The minimum atomic E-state index is -0.354. The SMILES string of the molecule is CCOC(=O)c1c(NC(=O)[C@@H]2C[C@H]3C=C[C@H]2C3)sc(C)c1C. The van der Waals surface area contributed by atoms with E-state index < -0.39 is 0 Å². The number of allylic oxidation sites excluding steroid dienone is 2. The number of anilines is 1. The number of thiophene rings is 1. The number of aryl methyl sites for hydroxylation is 1. The number of hydrogen-bond acceptors (Lipinski definition) is 4. The van der Waals surface area contributed by atoms with Gasteiger partial charge in [0.15, 0.2) is 0 Å². The van der Waals surface area contributed by atoms with E-state index in [9.17, 15) is 9.59 Å². The molecule has 0 aromatic carbocycles. The molecule has 0 aliphatic heterocycles. The van der Waals surface area contributed by atoms with Gasteiger partial charge in [-0.1, -0.05) is 12.2 Å². The zero-order valence-corrected chi connectivity index (χ0v) is 14.0. The molecule has 1 N–H and O–H groups in total. The summed E-state index contributed by atoms with van der Waals surface area (Å²) < 4.78 is 5.12. The van der Waals surface area contributed by atoms with E-state index in [-0.39, 0.29) is 17.8 Å². The number of esters is 1. The molecule has 118 valence electrons. The quantitative estimate of drug-likeness (QED) is 0.680. The second-order valence-electron chi connectivity index (χ2n) is 6.08. The maximum absolute atomic E-state index is 12.6. The standard InChI is InChI=1S/C17H21NO3S/c1-4-21-17(20)14-9(2)10(3)22-16(14)18-15(19)13-8-11-5-6-12(13)7-11/h5-6,11-13H,4,7-8H2,1-3H3,(H,18,19)/t11-,12-,13+/m0/s1. The van der Waals surface area contributed by atoms with Gasteiger partial charge in [-0.05, 0) is 51.0 Å². The Balaban J connectivity index is 1.80. The molecule has 0 unspecified atom stereocenters. The third-order valence-electron chi connectivity index (χ3n) is 4.72. The van der Waals surface area contributed by atoms with Crippen LogP contribution in [-0.2, 0) is 9.53 Å². The summed E-state index contributed by atoms with van der Waals surface area (Å²) in [6, 6.07) is 0. The highest BCUT2D eigenvalue weighted by Gasteiger charge is 2.40. The van der Waals surface area contributed by atoms with Crippen molar-refractivity contribution in [1.29, 1.82) is 0 Å². The Bertz CT molecular complexity index is 647. The molecule has 1 heterocycles. The third kappa shape index (κ3) is 2.58. The molecule has 5 heteroatoms. The lowest BCUT2D eigenvalue weighted by molar-refractivity contribution is -0.120. The Morgan fingerprint density at radius 2 is 2.09 bits per heavy atom. The van der Waals surface area contributed by atoms with Crippen molar-refractivity contribution in [2.75, 3.05) is 11.9 Å². The first-order chi connectivity index (χ1) is 10.5. The average Bonchev–Trinajstić information content (AvgIpc) is 3.15. The van der Waals surface area contributed by atoms with Crippen molar-refractivity contribution in [1.82, 2.24) is 0 Å². The number of fused-ring (bicyclic) bond motifs is 2. The van der Waals surface area contributed by atoms with Crippen LogP contribution in [0.4, 0.5) is 5.00 Å². The minimum Gasteiger partial charge on any atom is -0.462 e. The van der Waals surface area contributed by atoms with E-state index in [1.54, 1.807) is 6.92 Å². The Kier molecular flexibility index (Phi) is 4.08. The molecular formula is C17H21NO3S. The Morgan fingerprint density at radius 1 is 1.32 bits per heavy atom. The summed E-state index contributed by atoms with van der Waals surface area (Å²) in [6.07, 6.45) is 6.39. The van der Waals surface area contributed by atoms with Crippen LogP contribution >= 0.6 is 11.3 Å². The largest absolute Gasteiger partial charge is 0.462 e. The number of carbonyl (C=O) groups excluding carboxylic acids is 2. The van der Waals surface area contributed by atoms with Crippen molar-refractivity contribution in [3.8, 4) is 0 Å². The van der Waals surface area contributed by atoms with E-state index in [0.717, 1.165) is 23.3 Å². The van der Waals surface area contributed by atoms with Crippen LogP contribution in [0, 0.1) is 31.6 Å². The predicted molar refractivity (Wildman–Crippen MR) is 87.2 cm³/mol. The minimum absolute atomic E-state index is 0.0312. The predicted octanol–water partition coefficient (Wildman–Crippen LogP) is 3.69. The number of amides is 1. The zero-order valence-electron chi connectivity index (χ0n) is 13.1. The summed E-state index contributed by atoms with van der Waals surface area (Å²) in [5, 5.41) is 3.61. The van der Waals surface area contributed by atoms with Gasteiger partial charge in [0, 0.05) is 10.8 Å². The van der Waals surface area contributed by atoms with E-state index in [0.29, 0.717) is 29.0 Å². The molecule has 2 aliphatic carbocycles. The highest BCUT2D eigenvalue weighted by molar-refractivity contribution is 7.16. The van der Waals surface area contributed by atoms with E-state index in [2.05, 4.69) is 17.5 Å². The van der Waals surface area contributed by atoms with E-state index in [1.807, 2.05) is 13.8 Å². The van der Waals surface area contributed by atoms with Gasteiger partial charge < -0.3 is 10.1 Å². The van der Waals surface area contributed by atoms with Crippen molar-refractivity contribution < 1.29 is 14.3 Å². The second-order valence-corrected chi connectivity index (χ2v) is 7.31. The molecule has 0 saturated heterocycles. The number of nitrogens with one attached hydrogen (secondary N) is 1. The van der Waals surface area contributed by atoms with E-state index in [1.165, 1.54) is 11.3 Å². The first-order valence-electron chi connectivity index (χ1n) is 7.77. The molecule has 1 saturated carbocycles. The van der Waals surface area contributed by atoms with Crippen LogP contribution in [0.25, 0.3) is 0 Å². The molecule has 1 aromatic heterocycles. The maximum Gasteiger partial charge on any atom is 0.341 e. The maximum atomic E-state index is 12.6. The second kappa shape index (κ2) is 5.88. The molecule has 0 spiro atoms. The van der Waals surface area contributed by atoms with Gasteiger partial charge in [-0.15, -0.1) is 11.3 Å². The molecule has 2 aliphatic rings. The summed E-state index contributed by atoms with van der Waals surface area (Å²) >= 11 is 1.45. The molecule has 22 heavy (non-hydrogen) atoms. The molecule has 1 fully saturated rings. The average molecular weight is 319 g/mol. The lowest BCUT2D eigenvalue weighted by atomic mass is 9.93. The van der Waals surface area contributed by atoms with E-state index >= 15 is 0 Å². The van der Waals surface area contributed by atoms with Crippen LogP contribution in [0.3, 0.4) is 0 Å². The van der Waals surface area contributed by atoms with Gasteiger partial charge in [-0.2, -0.15) is 0 Å². The third-order valence-corrected chi connectivity index (χ3v) is 5.84. The summed E-state index contributed by atoms with van der Waals surface area (Å²) in [4.78, 5) is 25.8. The molecule has 1 amide bonds. The molecule has 1 aromatic rings. The fourth-order valence-corrected chi connectivity index (χ4v) is 4.50. The fraction of sp³-hybridized carbons (Fsp3) is 0.529. The number of ether oxygens (including phenoxy) is 1. The molecule has 2 bridgehead atoms. The van der Waals surface area contributed by atoms with Crippen LogP contribution in [-0.4, -0.2) is 18.5 Å². The summed E-state index contributed by atoms with van der Waals surface area (Å²) in [6.45, 7) is 5.97. The lowest BCUT2D eigenvalue weighted by Gasteiger charge is -2.17. The van der Waals surface area contributed by atoms with Gasteiger partial charge in [-0.3, -0.25) is 4.79 Å². The van der Waals surface area contributed by atoms with Crippen molar-refractivity contribution in [3.05, 3.63) is 28.2 Å². The molecule has 3 atom stereocenters.